The summed E-state index contributed by atoms with van der Waals surface area (Å²) >= 11 is 0. The topological polar surface area (TPSA) is 115 Å². The van der Waals surface area contributed by atoms with Gasteiger partial charge in [-0.1, -0.05) is 23.8 Å². The highest BCUT2D eigenvalue weighted by molar-refractivity contribution is 7.89. The molecule has 1 aromatic heterocycles. The number of hydrogen-bond donors (Lipinski definition) is 2. The van der Waals surface area contributed by atoms with Crippen LogP contribution >= 0.6 is 0 Å². The van der Waals surface area contributed by atoms with E-state index in [9.17, 15) is 18.0 Å². The lowest BCUT2D eigenvalue weighted by atomic mass is 10.0. The Hall–Kier alpha value is -3.43. The minimum Gasteiger partial charge on any atom is -0.468 e. The molecule has 0 fully saturated rings. The van der Waals surface area contributed by atoms with Crippen molar-refractivity contribution in [1.82, 2.24) is 4.72 Å². The fourth-order valence-corrected chi connectivity index (χ4v) is 4.38. The molecule has 0 radical (unpaired) electrons. The number of amides is 1. The molecule has 0 spiro atoms. The molecule has 8 nitrogen and oxygen atoms in total. The van der Waals surface area contributed by atoms with Gasteiger partial charge in [-0.2, -0.15) is 0 Å². The smallest absolute Gasteiger partial charge is 0.338 e. The van der Waals surface area contributed by atoms with E-state index in [2.05, 4.69) is 10.0 Å². The summed E-state index contributed by atoms with van der Waals surface area (Å²) in [6.07, 6.45) is 0.355. The standard InChI is InChI=1S/C24H26N2O6S/c1-15-11-16(2)22(17(3)12-15)26-23(27)18(4)32-24(28)19-7-5-9-21(13-19)33(29,30)25-14-20-8-6-10-31-20/h5-13,18,25H,14H2,1-4H3,(H,26,27)/t18-/m1/s1. The molecule has 0 bridgehead atoms. The highest BCUT2D eigenvalue weighted by atomic mass is 32.2. The number of ether oxygens (including phenoxy) is 1. The van der Waals surface area contributed by atoms with Gasteiger partial charge >= 0.3 is 5.97 Å². The molecule has 0 aliphatic heterocycles. The van der Waals surface area contributed by atoms with Crippen molar-refractivity contribution >= 4 is 27.6 Å². The predicted molar refractivity (Wildman–Crippen MR) is 123 cm³/mol. The number of aryl methyl sites for hydroxylation is 3. The fourth-order valence-electron chi connectivity index (χ4n) is 3.34. The average molecular weight is 471 g/mol. The van der Waals surface area contributed by atoms with Gasteiger partial charge in [-0.05, 0) is 69.2 Å². The van der Waals surface area contributed by atoms with Gasteiger partial charge < -0.3 is 14.5 Å². The van der Waals surface area contributed by atoms with Crippen LogP contribution in [0, 0.1) is 20.8 Å². The molecule has 2 aromatic carbocycles. The van der Waals surface area contributed by atoms with Crippen molar-refractivity contribution in [1.29, 1.82) is 0 Å². The molecule has 0 saturated carbocycles. The van der Waals surface area contributed by atoms with Crippen molar-refractivity contribution in [3.63, 3.8) is 0 Å². The monoisotopic (exact) mass is 470 g/mol. The molecule has 0 aliphatic rings. The van der Waals surface area contributed by atoms with E-state index in [4.69, 9.17) is 9.15 Å². The molecule has 33 heavy (non-hydrogen) atoms. The average Bonchev–Trinajstić information content (AvgIpc) is 3.28. The van der Waals surface area contributed by atoms with Crippen LogP contribution in [0.1, 0.15) is 39.7 Å². The van der Waals surface area contributed by atoms with Crippen LogP contribution in [0.15, 0.2) is 64.1 Å². The first-order valence-corrected chi connectivity index (χ1v) is 11.8. The van der Waals surface area contributed by atoms with E-state index in [1.54, 1.807) is 12.1 Å². The van der Waals surface area contributed by atoms with Crippen molar-refractivity contribution in [3.05, 3.63) is 82.8 Å². The largest absolute Gasteiger partial charge is 0.468 e. The first kappa shape index (κ1) is 24.2. The second-order valence-electron chi connectivity index (χ2n) is 7.74. The lowest BCUT2D eigenvalue weighted by Crippen LogP contribution is -2.30. The maximum absolute atomic E-state index is 12.6. The molecule has 0 unspecified atom stereocenters. The summed E-state index contributed by atoms with van der Waals surface area (Å²) < 4.78 is 37.9. The van der Waals surface area contributed by atoms with Gasteiger partial charge in [-0.15, -0.1) is 0 Å². The van der Waals surface area contributed by atoms with Crippen molar-refractivity contribution in [3.8, 4) is 0 Å². The van der Waals surface area contributed by atoms with Gasteiger partial charge in [0.15, 0.2) is 6.10 Å². The Kier molecular flexibility index (Phi) is 7.35. The minimum atomic E-state index is -3.89. The highest BCUT2D eigenvalue weighted by Gasteiger charge is 2.22. The van der Waals surface area contributed by atoms with Crippen molar-refractivity contribution < 1.29 is 27.2 Å². The number of sulfonamides is 1. The van der Waals surface area contributed by atoms with Crippen LogP contribution in [0.5, 0.6) is 0 Å². The molecule has 1 atom stereocenters. The van der Waals surface area contributed by atoms with E-state index >= 15 is 0 Å². The number of hydrogen-bond acceptors (Lipinski definition) is 6. The summed E-state index contributed by atoms with van der Waals surface area (Å²) in [5.74, 6) is -0.839. The van der Waals surface area contributed by atoms with Gasteiger partial charge in [-0.3, -0.25) is 4.79 Å². The van der Waals surface area contributed by atoms with Gasteiger partial charge in [0.2, 0.25) is 10.0 Å². The van der Waals surface area contributed by atoms with Gasteiger partial charge in [0.25, 0.3) is 5.91 Å². The molecule has 174 valence electrons. The zero-order valence-corrected chi connectivity index (χ0v) is 19.7. The predicted octanol–water partition coefficient (Wildman–Crippen LogP) is 3.87. The van der Waals surface area contributed by atoms with E-state index < -0.39 is 28.0 Å². The van der Waals surface area contributed by atoms with Crippen LogP contribution in [-0.4, -0.2) is 26.4 Å². The number of rotatable bonds is 8. The van der Waals surface area contributed by atoms with E-state index in [1.165, 1.54) is 37.5 Å². The van der Waals surface area contributed by atoms with Crippen LogP contribution in [0.3, 0.4) is 0 Å². The van der Waals surface area contributed by atoms with E-state index in [0.717, 1.165) is 16.7 Å². The van der Waals surface area contributed by atoms with E-state index in [-0.39, 0.29) is 17.0 Å². The molecule has 0 saturated heterocycles. The van der Waals surface area contributed by atoms with Crippen molar-refractivity contribution in [2.45, 2.75) is 45.2 Å². The Morgan fingerprint density at radius 1 is 1.03 bits per heavy atom. The Bertz CT molecular complexity index is 1240. The molecule has 1 amide bonds. The Balaban J connectivity index is 1.67. The zero-order chi connectivity index (χ0) is 24.2. The van der Waals surface area contributed by atoms with E-state index in [1.807, 2.05) is 32.9 Å². The third kappa shape index (κ3) is 6.09. The maximum atomic E-state index is 12.6. The van der Waals surface area contributed by atoms with Crippen LogP contribution in [0.4, 0.5) is 5.69 Å². The summed E-state index contributed by atoms with van der Waals surface area (Å²) in [6, 6.07) is 12.6. The SMILES string of the molecule is Cc1cc(C)c(NC(=O)[C@@H](C)OC(=O)c2cccc(S(=O)(=O)NCc3ccco3)c2)c(C)c1. The van der Waals surface area contributed by atoms with Gasteiger partial charge in [-0.25, -0.2) is 17.9 Å². The third-order valence-electron chi connectivity index (χ3n) is 4.97. The van der Waals surface area contributed by atoms with Crippen LogP contribution in [-0.2, 0) is 26.1 Å². The second-order valence-corrected chi connectivity index (χ2v) is 9.51. The maximum Gasteiger partial charge on any atom is 0.338 e. The number of carbonyl (C=O) groups is 2. The number of furan rings is 1. The molecular weight excluding hydrogens is 444 g/mol. The number of carbonyl (C=O) groups excluding carboxylic acids is 2. The second kappa shape index (κ2) is 10.0. The zero-order valence-electron chi connectivity index (χ0n) is 18.8. The van der Waals surface area contributed by atoms with Crippen molar-refractivity contribution in [2.75, 3.05) is 5.32 Å². The number of nitrogens with one attached hydrogen (secondary N) is 2. The summed E-state index contributed by atoms with van der Waals surface area (Å²) in [5, 5.41) is 2.80. The summed E-state index contributed by atoms with van der Waals surface area (Å²) in [4.78, 5) is 25.1. The molecule has 1 heterocycles. The fraction of sp³-hybridized carbons (Fsp3) is 0.250. The number of benzene rings is 2. The van der Waals surface area contributed by atoms with Crippen LogP contribution in [0.2, 0.25) is 0 Å². The molecular formula is C24H26N2O6S. The molecule has 9 heteroatoms. The summed E-state index contributed by atoms with van der Waals surface area (Å²) in [7, 11) is -3.89. The van der Waals surface area contributed by atoms with Gasteiger partial charge in [0, 0.05) is 5.69 Å². The Morgan fingerprint density at radius 2 is 1.73 bits per heavy atom. The lowest BCUT2D eigenvalue weighted by Gasteiger charge is -2.17. The summed E-state index contributed by atoms with van der Waals surface area (Å²) in [5.41, 5.74) is 3.57. The van der Waals surface area contributed by atoms with Gasteiger partial charge in [0.1, 0.15) is 5.76 Å². The first-order chi connectivity index (χ1) is 15.6. The highest BCUT2D eigenvalue weighted by Crippen LogP contribution is 2.22. The molecule has 0 aliphatic carbocycles. The number of anilines is 1. The lowest BCUT2D eigenvalue weighted by molar-refractivity contribution is -0.123. The van der Waals surface area contributed by atoms with Crippen molar-refractivity contribution in [2.24, 2.45) is 0 Å². The first-order valence-electron chi connectivity index (χ1n) is 10.3. The Morgan fingerprint density at radius 3 is 2.36 bits per heavy atom. The Labute approximate surface area is 193 Å². The third-order valence-corrected chi connectivity index (χ3v) is 6.37. The van der Waals surface area contributed by atoms with E-state index in [0.29, 0.717) is 11.4 Å². The molecule has 2 N–H and O–H groups in total. The quantitative estimate of drug-likeness (QED) is 0.483. The molecule has 3 rings (SSSR count). The van der Waals surface area contributed by atoms with Gasteiger partial charge in [0.05, 0.1) is 23.3 Å². The minimum absolute atomic E-state index is 0.0122. The summed E-state index contributed by atoms with van der Waals surface area (Å²) in [6.45, 7) is 7.17. The molecule has 3 aromatic rings. The van der Waals surface area contributed by atoms with Crippen LogP contribution in [0.25, 0.3) is 0 Å². The van der Waals surface area contributed by atoms with Crippen LogP contribution < -0.4 is 10.0 Å². The number of esters is 1. The normalized spacial score (nSPS) is 12.2.